The van der Waals surface area contributed by atoms with E-state index in [4.69, 9.17) is 11.6 Å². The lowest BCUT2D eigenvalue weighted by atomic mass is 10.00. The SMILES string of the molecule is Cc1ccc(C(F)(F)CNC(=O)c2cc(Cl)ncc2Sc2cccc(C)n2)c(C)c1. The molecule has 8 heteroatoms. The van der Waals surface area contributed by atoms with Gasteiger partial charge in [0.05, 0.1) is 12.1 Å². The Kier molecular flexibility index (Phi) is 6.73. The quantitative estimate of drug-likeness (QED) is 0.490. The van der Waals surface area contributed by atoms with Gasteiger partial charge in [-0.1, -0.05) is 53.2 Å². The van der Waals surface area contributed by atoms with Gasteiger partial charge in [-0.25, -0.2) is 9.97 Å². The lowest BCUT2D eigenvalue weighted by Crippen LogP contribution is -2.35. The molecule has 0 aliphatic heterocycles. The predicted octanol–water partition coefficient (Wildman–Crippen LogP) is 5.73. The van der Waals surface area contributed by atoms with Gasteiger partial charge in [0.1, 0.15) is 10.2 Å². The largest absolute Gasteiger partial charge is 0.346 e. The van der Waals surface area contributed by atoms with E-state index >= 15 is 0 Å². The minimum absolute atomic E-state index is 0.0999. The highest BCUT2D eigenvalue weighted by atomic mass is 35.5. The molecule has 0 spiro atoms. The molecule has 0 aliphatic carbocycles. The Morgan fingerprint density at radius 2 is 1.93 bits per heavy atom. The van der Waals surface area contributed by atoms with Crippen molar-refractivity contribution in [1.82, 2.24) is 15.3 Å². The number of aromatic nitrogens is 2. The molecule has 0 saturated heterocycles. The molecule has 1 N–H and O–H groups in total. The molecular formula is C22H20ClF2N3OS. The van der Waals surface area contributed by atoms with Crippen molar-refractivity contribution in [3.05, 3.63) is 81.8 Å². The van der Waals surface area contributed by atoms with E-state index in [1.165, 1.54) is 30.1 Å². The Bertz CT molecular complexity index is 1090. The molecule has 0 unspecified atom stereocenters. The fourth-order valence-electron chi connectivity index (χ4n) is 2.97. The Labute approximate surface area is 183 Å². The van der Waals surface area contributed by atoms with Crippen LogP contribution < -0.4 is 5.32 Å². The van der Waals surface area contributed by atoms with Gasteiger partial charge < -0.3 is 5.32 Å². The summed E-state index contributed by atoms with van der Waals surface area (Å²) in [5, 5.41) is 3.10. The van der Waals surface area contributed by atoms with Gasteiger partial charge in [-0.15, -0.1) is 0 Å². The van der Waals surface area contributed by atoms with Gasteiger partial charge in [-0.2, -0.15) is 8.78 Å². The van der Waals surface area contributed by atoms with E-state index in [2.05, 4.69) is 15.3 Å². The number of alkyl halides is 2. The number of pyridine rings is 2. The smallest absolute Gasteiger partial charge is 0.290 e. The number of halogens is 3. The molecule has 2 aromatic heterocycles. The standard InChI is InChI=1S/C22H20ClF2N3OS/c1-13-7-8-17(14(2)9-13)22(24,25)12-27-21(29)16-10-19(23)26-11-18(16)30-20-6-4-5-15(3)28-20/h4-11H,12H2,1-3H3,(H,27,29). The highest BCUT2D eigenvalue weighted by Gasteiger charge is 2.34. The van der Waals surface area contributed by atoms with Crippen LogP contribution >= 0.6 is 23.4 Å². The van der Waals surface area contributed by atoms with E-state index in [1.807, 2.05) is 26.0 Å². The Morgan fingerprint density at radius 3 is 2.63 bits per heavy atom. The second kappa shape index (κ2) is 9.10. The highest BCUT2D eigenvalue weighted by Crippen LogP contribution is 2.32. The molecule has 0 bridgehead atoms. The van der Waals surface area contributed by atoms with E-state index in [0.29, 0.717) is 15.5 Å². The maximum Gasteiger partial charge on any atom is 0.290 e. The Morgan fingerprint density at radius 1 is 1.17 bits per heavy atom. The molecule has 0 aliphatic rings. The van der Waals surface area contributed by atoms with E-state index in [1.54, 1.807) is 25.1 Å². The zero-order chi connectivity index (χ0) is 21.9. The molecule has 4 nitrogen and oxygen atoms in total. The van der Waals surface area contributed by atoms with E-state index in [9.17, 15) is 13.6 Å². The Hall–Kier alpha value is -2.51. The number of hydrogen-bond donors (Lipinski definition) is 1. The van der Waals surface area contributed by atoms with Gasteiger partial charge >= 0.3 is 0 Å². The number of carbonyl (C=O) groups is 1. The van der Waals surface area contributed by atoms with Crippen molar-refractivity contribution in [2.24, 2.45) is 0 Å². The maximum atomic E-state index is 14.7. The first-order valence-corrected chi connectivity index (χ1v) is 10.4. The predicted molar refractivity (Wildman–Crippen MR) is 114 cm³/mol. The van der Waals surface area contributed by atoms with E-state index in [0.717, 1.165) is 11.3 Å². The molecule has 0 atom stereocenters. The van der Waals surface area contributed by atoms with Gasteiger partial charge in [0.2, 0.25) is 0 Å². The molecule has 0 fully saturated rings. The number of aryl methyl sites for hydroxylation is 3. The van der Waals surface area contributed by atoms with Crippen LogP contribution in [0.3, 0.4) is 0 Å². The third-order valence-corrected chi connectivity index (χ3v) is 5.59. The van der Waals surface area contributed by atoms with Crippen molar-refractivity contribution < 1.29 is 13.6 Å². The van der Waals surface area contributed by atoms with Gasteiger partial charge in [-0.05, 0) is 44.5 Å². The molecule has 3 rings (SSSR count). The summed E-state index contributed by atoms with van der Waals surface area (Å²) in [6.07, 6.45) is 1.44. The monoisotopic (exact) mass is 447 g/mol. The fourth-order valence-corrected chi connectivity index (χ4v) is 4.06. The minimum atomic E-state index is -3.21. The van der Waals surface area contributed by atoms with Crippen LogP contribution in [-0.2, 0) is 5.92 Å². The summed E-state index contributed by atoms with van der Waals surface area (Å²) in [5.41, 5.74) is 2.25. The van der Waals surface area contributed by atoms with Crippen molar-refractivity contribution in [1.29, 1.82) is 0 Å². The second-order valence-electron chi connectivity index (χ2n) is 6.93. The first kappa shape index (κ1) is 22.2. The summed E-state index contributed by atoms with van der Waals surface area (Å²) in [6, 6.07) is 11.6. The molecule has 0 radical (unpaired) electrons. The molecule has 1 amide bonds. The topological polar surface area (TPSA) is 54.9 Å². The molecular weight excluding hydrogens is 428 g/mol. The van der Waals surface area contributed by atoms with Gasteiger partial charge in [0.25, 0.3) is 11.8 Å². The molecule has 0 saturated carbocycles. The average Bonchev–Trinajstić information content (AvgIpc) is 2.67. The van der Waals surface area contributed by atoms with Crippen molar-refractivity contribution in [2.75, 3.05) is 6.54 Å². The van der Waals surface area contributed by atoms with Gasteiger partial charge in [0.15, 0.2) is 0 Å². The summed E-state index contributed by atoms with van der Waals surface area (Å²) in [4.78, 5) is 21.6. The van der Waals surface area contributed by atoms with E-state index < -0.39 is 18.4 Å². The number of rotatable bonds is 6. The van der Waals surface area contributed by atoms with Gasteiger partial charge in [0, 0.05) is 22.3 Å². The minimum Gasteiger partial charge on any atom is -0.346 e. The zero-order valence-electron chi connectivity index (χ0n) is 16.7. The van der Waals surface area contributed by atoms with Crippen LogP contribution in [0, 0.1) is 20.8 Å². The molecule has 2 heterocycles. The van der Waals surface area contributed by atoms with Crippen molar-refractivity contribution >= 4 is 29.3 Å². The van der Waals surface area contributed by atoms with Crippen LogP contribution in [0.15, 0.2) is 58.6 Å². The van der Waals surface area contributed by atoms with Crippen molar-refractivity contribution in [3.8, 4) is 0 Å². The molecule has 1 aromatic carbocycles. The van der Waals surface area contributed by atoms with Crippen LogP contribution in [0.25, 0.3) is 0 Å². The molecule has 156 valence electrons. The number of amides is 1. The summed E-state index contributed by atoms with van der Waals surface area (Å²) < 4.78 is 29.5. The fraction of sp³-hybridized carbons (Fsp3) is 0.227. The first-order valence-electron chi connectivity index (χ1n) is 9.16. The van der Waals surface area contributed by atoms with Crippen LogP contribution in [-0.4, -0.2) is 22.4 Å². The lowest BCUT2D eigenvalue weighted by Gasteiger charge is -2.20. The Balaban J connectivity index is 1.80. The number of hydrogen-bond acceptors (Lipinski definition) is 4. The third-order valence-electron chi connectivity index (χ3n) is 4.40. The average molecular weight is 448 g/mol. The van der Waals surface area contributed by atoms with Gasteiger partial charge in [-0.3, -0.25) is 4.79 Å². The van der Waals surface area contributed by atoms with Crippen LogP contribution in [0.5, 0.6) is 0 Å². The summed E-state index contributed by atoms with van der Waals surface area (Å²) in [6.45, 7) is 4.49. The second-order valence-corrected chi connectivity index (χ2v) is 8.38. The first-order chi connectivity index (χ1) is 14.2. The van der Waals surface area contributed by atoms with E-state index in [-0.39, 0.29) is 16.3 Å². The lowest BCUT2D eigenvalue weighted by molar-refractivity contribution is -0.00310. The highest BCUT2D eigenvalue weighted by molar-refractivity contribution is 7.99. The third kappa shape index (κ3) is 5.34. The number of carbonyl (C=O) groups excluding carboxylic acids is 1. The summed E-state index contributed by atoms with van der Waals surface area (Å²) in [7, 11) is 0. The summed E-state index contributed by atoms with van der Waals surface area (Å²) >= 11 is 7.17. The molecule has 3 aromatic rings. The normalized spacial score (nSPS) is 11.4. The summed E-state index contributed by atoms with van der Waals surface area (Å²) in [5.74, 6) is -3.87. The van der Waals surface area contributed by atoms with Crippen LogP contribution in [0.2, 0.25) is 5.15 Å². The molecule has 30 heavy (non-hydrogen) atoms. The number of nitrogens with one attached hydrogen (secondary N) is 1. The van der Waals surface area contributed by atoms with Crippen LogP contribution in [0.4, 0.5) is 8.78 Å². The number of nitrogens with zero attached hydrogens (tertiary/aromatic N) is 2. The van der Waals surface area contributed by atoms with Crippen molar-refractivity contribution in [3.63, 3.8) is 0 Å². The van der Waals surface area contributed by atoms with Crippen LogP contribution in [0.1, 0.15) is 32.7 Å². The van der Waals surface area contributed by atoms with Crippen molar-refractivity contribution in [2.45, 2.75) is 36.6 Å². The zero-order valence-corrected chi connectivity index (χ0v) is 18.2. The number of benzene rings is 1. The maximum absolute atomic E-state index is 14.7.